The van der Waals surface area contributed by atoms with E-state index in [0.29, 0.717) is 25.4 Å². The van der Waals surface area contributed by atoms with Gasteiger partial charge in [0.1, 0.15) is 17.9 Å². The second-order valence-corrected chi connectivity index (χ2v) is 6.41. The van der Waals surface area contributed by atoms with Crippen molar-refractivity contribution >= 4 is 30.8 Å². The van der Waals surface area contributed by atoms with Crippen molar-refractivity contribution in [3.05, 3.63) is 65.2 Å². The van der Waals surface area contributed by atoms with Crippen molar-refractivity contribution < 1.29 is 20.1 Å². The predicted octanol–water partition coefficient (Wildman–Crippen LogP) is 2.98. The number of ether oxygens (including phenoxy) is 1. The van der Waals surface area contributed by atoms with Crippen LogP contribution in [0, 0.1) is 0 Å². The SMILES string of the molecule is CN(C)Cc1cccc(C(=O)O)c1OCCN(C)Cc1ccccc1.Cl.Cl.O. The van der Waals surface area contributed by atoms with E-state index >= 15 is 0 Å². The summed E-state index contributed by atoms with van der Waals surface area (Å²) in [5.41, 5.74) is 2.34. The molecule has 0 aromatic heterocycles. The molecule has 0 amide bonds. The maximum Gasteiger partial charge on any atom is 0.339 e. The van der Waals surface area contributed by atoms with Crippen LogP contribution in [0.3, 0.4) is 0 Å². The van der Waals surface area contributed by atoms with Crippen LogP contribution >= 0.6 is 24.8 Å². The molecule has 8 heteroatoms. The first-order chi connectivity index (χ1) is 12.0. The Balaban J connectivity index is 0. The average Bonchev–Trinajstić information content (AvgIpc) is 2.56. The van der Waals surface area contributed by atoms with Crippen molar-refractivity contribution in [3.8, 4) is 5.75 Å². The molecular weight excluding hydrogens is 403 g/mol. The lowest BCUT2D eigenvalue weighted by atomic mass is 10.1. The van der Waals surface area contributed by atoms with Gasteiger partial charge in [0.15, 0.2) is 0 Å². The Morgan fingerprint density at radius 3 is 2.18 bits per heavy atom. The molecule has 0 bridgehead atoms. The van der Waals surface area contributed by atoms with E-state index in [9.17, 15) is 9.90 Å². The van der Waals surface area contributed by atoms with E-state index in [4.69, 9.17) is 4.74 Å². The van der Waals surface area contributed by atoms with Gasteiger partial charge in [-0.2, -0.15) is 0 Å². The first-order valence-corrected chi connectivity index (χ1v) is 8.32. The molecule has 0 unspecified atom stereocenters. The minimum Gasteiger partial charge on any atom is -0.491 e. The summed E-state index contributed by atoms with van der Waals surface area (Å²) in [6.07, 6.45) is 0. The lowest BCUT2D eigenvalue weighted by Gasteiger charge is -2.20. The molecule has 0 aliphatic rings. The van der Waals surface area contributed by atoms with Crippen LogP contribution < -0.4 is 4.74 Å². The Hall–Kier alpha value is -1.83. The number of carbonyl (C=O) groups is 1. The molecule has 0 aliphatic heterocycles. The van der Waals surface area contributed by atoms with Crippen LogP contribution in [0.2, 0.25) is 0 Å². The first kappa shape index (κ1) is 28.4. The van der Waals surface area contributed by atoms with E-state index in [-0.39, 0.29) is 35.9 Å². The van der Waals surface area contributed by atoms with Crippen molar-refractivity contribution in [2.24, 2.45) is 0 Å². The number of nitrogens with zero attached hydrogens (tertiary/aromatic N) is 2. The molecule has 0 aliphatic carbocycles. The second kappa shape index (κ2) is 14.2. The monoisotopic (exact) mass is 432 g/mol. The third-order valence-electron chi connectivity index (χ3n) is 3.83. The van der Waals surface area contributed by atoms with Gasteiger partial charge >= 0.3 is 5.97 Å². The third-order valence-corrected chi connectivity index (χ3v) is 3.83. The highest BCUT2D eigenvalue weighted by atomic mass is 35.5. The average molecular weight is 433 g/mol. The molecule has 0 atom stereocenters. The molecule has 6 nitrogen and oxygen atoms in total. The summed E-state index contributed by atoms with van der Waals surface area (Å²) in [5.74, 6) is -0.495. The highest BCUT2D eigenvalue weighted by Crippen LogP contribution is 2.25. The number of halogens is 2. The molecule has 0 fully saturated rings. The molecule has 158 valence electrons. The van der Waals surface area contributed by atoms with Gasteiger partial charge in [0.2, 0.25) is 0 Å². The highest BCUT2D eigenvalue weighted by molar-refractivity contribution is 5.91. The number of aromatic carboxylic acids is 1. The van der Waals surface area contributed by atoms with Crippen LogP contribution in [-0.2, 0) is 13.1 Å². The van der Waals surface area contributed by atoms with E-state index in [0.717, 1.165) is 12.1 Å². The number of hydrogen-bond donors (Lipinski definition) is 1. The van der Waals surface area contributed by atoms with Crippen molar-refractivity contribution in [1.82, 2.24) is 9.80 Å². The molecule has 2 aromatic rings. The number of carboxylic acid groups (broad SMARTS) is 1. The van der Waals surface area contributed by atoms with Crippen molar-refractivity contribution in [2.45, 2.75) is 13.1 Å². The van der Waals surface area contributed by atoms with Crippen LogP contribution in [-0.4, -0.2) is 60.6 Å². The number of benzene rings is 2. The summed E-state index contributed by atoms with van der Waals surface area (Å²) in [6, 6.07) is 15.5. The van der Waals surface area contributed by atoms with Gasteiger partial charge in [-0.1, -0.05) is 42.5 Å². The van der Waals surface area contributed by atoms with Crippen LogP contribution in [0.15, 0.2) is 48.5 Å². The normalized spacial score (nSPS) is 9.89. The molecule has 0 heterocycles. The molecule has 3 N–H and O–H groups in total. The van der Waals surface area contributed by atoms with Gasteiger partial charge in [-0.15, -0.1) is 24.8 Å². The van der Waals surface area contributed by atoms with E-state index < -0.39 is 5.97 Å². The molecule has 28 heavy (non-hydrogen) atoms. The van der Waals surface area contributed by atoms with Crippen molar-refractivity contribution in [1.29, 1.82) is 0 Å². The standard InChI is InChI=1S/C20H26N2O3.2ClH.H2O/c1-21(2)15-17-10-7-11-18(20(23)24)19(17)25-13-12-22(3)14-16-8-5-4-6-9-16;;;/h4-11H,12-15H2,1-3H3,(H,23,24);2*1H;1H2. The van der Waals surface area contributed by atoms with Gasteiger partial charge in [-0.3, -0.25) is 4.90 Å². The minimum absolute atomic E-state index is 0. The summed E-state index contributed by atoms with van der Waals surface area (Å²) in [6.45, 7) is 2.62. The zero-order chi connectivity index (χ0) is 18.2. The fourth-order valence-corrected chi connectivity index (χ4v) is 2.67. The number of hydrogen-bond acceptors (Lipinski definition) is 4. The van der Waals surface area contributed by atoms with Crippen LogP contribution in [0.4, 0.5) is 0 Å². The van der Waals surface area contributed by atoms with Gasteiger partial charge in [-0.05, 0) is 32.8 Å². The molecule has 0 saturated carbocycles. The van der Waals surface area contributed by atoms with Gasteiger partial charge in [0, 0.05) is 25.2 Å². The predicted molar refractivity (Wildman–Crippen MR) is 117 cm³/mol. The molecule has 0 saturated heterocycles. The van der Waals surface area contributed by atoms with E-state index in [1.807, 2.05) is 50.3 Å². The van der Waals surface area contributed by atoms with E-state index in [1.54, 1.807) is 12.1 Å². The maximum absolute atomic E-state index is 11.5. The number of para-hydroxylation sites is 1. The quantitative estimate of drug-likeness (QED) is 0.657. The summed E-state index contributed by atoms with van der Waals surface area (Å²) in [5, 5.41) is 9.42. The number of rotatable bonds is 9. The summed E-state index contributed by atoms with van der Waals surface area (Å²) in [4.78, 5) is 15.6. The Morgan fingerprint density at radius 2 is 1.61 bits per heavy atom. The summed E-state index contributed by atoms with van der Waals surface area (Å²) in [7, 11) is 5.93. The Morgan fingerprint density at radius 1 is 0.964 bits per heavy atom. The smallest absolute Gasteiger partial charge is 0.339 e. The molecular formula is C20H30Cl2N2O4. The number of likely N-dealkylation sites (N-methyl/N-ethyl adjacent to an activating group) is 1. The first-order valence-electron chi connectivity index (χ1n) is 8.32. The fourth-order valence-electron chi connectivity index (χ4n) is 2.67. The van der Waals surface area contributed by atoms with E-state index in [2.05, 4.69) is 17.0 Å². The highest BCUT2D eigenvalue weighted by Gasteiger charge is 2.16. The molecule has 0 radical (unpaired) electrons. The van der Waals surface area contributed by atoms with Crippen LogP contribution in [0.5, 0.6) is 5.75 Å². The molecule has 2 rings (SSSR count). The zero-order valence-corrected chi connectivity index (χ0v) is 18.1. The van der Waals surface area contributed by atoms with Gasteiger partial charge < -0.3 is 20.2 Å². The minimum atomic E-state index is -0.965. The van der Waals surface area contributed by atoms with Gasteiger partial charge in [0.25, 0.3) is 0 Å². The lowest BCUT2D eigenvalue weighted by molar-refractivity contribution is 0.0691. The van der Waals surface area contributed by atoms with Crippen molar-refractivity contribution in [2.75, 3.05) is 34.3 Å². The third kappa shape index (κ3) is 8.91. The maximum atomic E-state index is 11.5. The van der Waals surface area contributed by atoms with Crippen LogP contribution in [0.25, 0.3) is 0 Å². The van der Waals surface area contributed by atoms with Crippen LogP contribution in [0.1, 0.15) is 21.5 Å². The summed E-state index contributed by atoms with van der Waals surface area (Å²) >= 11 is 0. The second-order valence-electron chi connectivity index (χ2n) is 6.41. The largest absolute Gasteiger partial charge is 0.491 e. The fraction of sp³-hybridized carbons (Fsp3) is 0.350. The van der Waals surface area contributed by atoms with Gasteiger partial charge in [-0.25, -0.2) is 4.79 Å². The Bertz CT molecular complexity index is 700. The topological polar surface area (TPSA) is 84.5 Å². The Labute approximate surface area is 179 Å². The van der Waals surface area contributed by atoms with Crippen molar-refractivity contribution in [3.63, 3.8) is 0 Å². The molecule has 2 aromatic carbocycles. The zero-order valence-electron chi connectivity index (χ0n) is 16.4. The van der Waals surface area contributed by atoms with E-state index in [1.165, 1.54) is 5.56 Å². The number of carboxylic acids is 1. The molecule has 0 spiro atoms. The lowest BCUT2D eigenvalue weighted by Crippen LogP contribution is -2.24. The van der Waals surface area contributed by atoms with Gasteiger partial charge in [0.05, 0.1) is 0 Å². The summed E-state index contributed by atoms with van der Waals surface area (Å²) < 4.78 is 5.89. The Kier molecular flexibility index (Phi) is 14.4.